The number of aromatic nitrogens is 2. The summed E-state index contributed by atoms with van der Waals surface area (Å²) in [5.41, 5.74) is 0. The molecule has 1 amide bonds. The molecule has 19 heavy (non-hydrogen) atoms. The van der Waals surface area contributed by atoms with Crippen molar-refractivity contribution in [1.82, 2.24) is 10.2 Å². The van der Waals surface area contributed by atoms with Gasteiger partial charge >= 0.3 is 0 Å². The number of hydrogen-bond acceptors (Lipinski definition) is 4. The normalized spacial score (nSPS) is 16.5. The van der Waals surface area contributed by atoms with E-state index in [0.717, 1.165) is 23.8 Å². The van der Waals surface area contributed by atoms with Crippen LogP contribution in [0, 0.1) is 5.92 Å². The number of aryl methyl sites for hydroxylation is 1. The Hall–Kier alpha value is -0.970. The summed E-state index contributed by atoms with van der Waals surface area (Å²) in [5.74, 6) is 0.935. The van der Waals surface area contributed by atoms with Crippen molar-refractivity contribution in [2.75, 3.05) is 5.32 Å². The highest BCUT2D eigenvalue weighted by Gasteiger charge is 2.14. The van der Waals surface area contributed by atoms with Gasteiger partial charge in [-0.15, -0.1) is 10.2 Å². The first kappa shape index (κ1) is 14.4. The Morgan fingerprint density at radius 2 is 2.11 bits per heavy atom. The molecule has 0 aromatic carbocycles. The lowest BCUT2D eigenvalue weighted by Crippen LogP contribution is -2.12. The molecule has 1 saturated carbocycles. The smallest absolute Gasteiger partial charge is 0.226 e. The predicted octanol–water partition coefficient (Wildman–Crippen LogP) is 3.79. The number of nitrogens with one attached hydrogen (secondary N) is 1. The van der Waals surface area contributed by atoms with Crippen LogP contribution in [0.3, 0.4) is 0 Å². The van der Waals surface area contributed by atoms with Crippen LogP contribution in [0.1, 0.15) is 63.3 Å². The Balaban J connectivity index is 1.63. The van der Waals surface area contributed by atoms with Crippen LogP contribution in [0.25, 0.3) is 0 Å². The third-order valence-corrected chi connectivity index (χ3v) is 4.74. The summed E-state index contributed by atoms with van der Waals surface area (Å²) in [4.78, 5) is 11.8. The summed E-state index contributed by atoms with van der Waals surface area (Å²) in [7, 11) is 0. The molecule has 0 bridgehead atoms. The highest BCUT2D eigenvalue weighted by Crippen LogP contribution is 2.27. The Bertz CT molecular complexity index is 399. The number of anilines is 1. The van der Waals surface area contributed by atoms with Crippen LogP contribution in [-0.2, 0) is 11.2 Å². The maximum absolute atomic E-state index is 11.8. The van der Waals surface area contributed by atoms with Crippen LogP contribution >= 0.6 is 11.3 Å². The number of amides is 1. The van der Waals surface area contributed by atoms with Crippen molar-refractivity contribution >= 4 is 22.4 Å². The molecule has 1 fully saturated rings. The third kappa shape index (κ3) is 4.90. The topological polar surface area (TPSA) is 54.9 Å². The van der Waals surface area contributed by atoms with Gasteiger partial charge in [-0.25, -0.2) is 0 Å². The molecule has 0 unspecified atom stereocenters. The van der Waals surface area contributed by atoms with E-state index in [2.05, 4.69) is 15.5 Å². The summed E-state index contributed by atoms with van der Waals surface area (Å²) < 4.78 is 0. The van der Waals surface area contributed by atoms with E-state index in [1.165, 1.54) is 49.9 Å². The molecular weight excluding hydrogens is 258 g/mol. The number of rotatable bonds is 6. The molecule has 2 rings (SSSR count). The summed E-state index contributed by atoms with van der Waals surface area (Å²) in [6.07, 6.45) is 10.5. The number of carbonyl (C=O) groups is 1. The maximum atomic E-state index is 11.8. The van der Waals surface area contributed by atoms with Crippen LogP contribution < -0.4 is 5.32 Å². The molecule has 1 N–H and O–H groups in total. The summed E-state index contributed by atoms with van der Waals surface area (Å²) >= 11 is 1.47. The average Bonchev–Trinajstić information content (AvgIpc) is 2.87. The molecule has 0 radical (unpaired) electrons. The molecule has 0 saturated heterocycles. The van der Waals surface area contributed by atoms with Gasteiger partial charge < -0.3 is 5.32 Å². The first-order valence-electron chi connectivity index (χ1n) is 7.40. The van der Waals surface area contributed by atoms with Gasteiger partial charge in [-0.05, 0) is 25.2 Å². The average molecular weight is 281 g/mol. The van der Waals surface area contributed by atoms with Crippen LogP contribution in [0.15, 0.2) is 0 Å². The number of hydrogen-bond donors (Lipinski definition) is 1. The Kier molecular flexibility index (Phi) is 5.76. The third-order valence-electron chi connectivity index (χ3n) is 3.76. The fourth-order valence-corrected chi connectivity index (χ4v) is 3.35. The first-order chi connectivity index (χ1) is 9.28. The number of nitrogens with zero attached hydrogens (tertiary/aromatic N) is 2. The van der Waals surface area contributed by atoms with E-state index >= 15 is 0 Å². The lowest BCUT2D eigenvalue weighted by atomic mass is 9.86. The summed E-state index contributed by atoms with van der Waals surface area (Å²) in [6, 6.07) is 0. The quantitative estimate of drug-likeness (QED) is 0.863. The monoisotopic (exact) mass is 281 g/mol. The second-order valence-electron chi connectivity index (χ2n) is 5.30. The van der Waals surface area contributed by atoms with Gasteiger partial charge in [-0.1, -0.05) is 50.4 Å². The van der Waals surface area contributed by atoms with Gasteiger partial charge in [-0.3, -0.25) is 4.79 Å². The second-order valence-corrected chi connectivity index (χ2v) is 6.36. The van der Waals surface area contributed by atoms with Gasteiger partial charge in [-0.2, -0.15) is 0 Å². The minimum absolute atomic E-state index is 0.0783. The van der Waals surface area contributed by atoms with Crippen molar-refractivity contribution in [3.05, 3.63) is 5.01 Å². The Morgan fingerprint density at radius 1 is 1.32 bits per heavy atom. The van der Waals surface area contributed by atoms with Crippen LogP contribution in [0.5, 0.6) is 0 Å². The first-order valence-corrected chi connectivity index (χ1v) is 8.22. The lowest BCUT2D eigenvalue weighted by molar-refractivity contribution is -0.116. The highest BCUT2D eigenvalue weighted by atomic mass is 32.1. The molecule has 1 aliphatic carbocycles. The van der Waals surface area contributed by atoms with Crippen LogP contribution in [0.2, 0.25) is 0 Å². The minimum Gasteiger partial charge on any atom is -0.301 e. The van der Waals surface area contributed by atoms with E-state index in [1.807, 2.05) is 6.92 Å². The largest absolute Gasteiger partial charge is 0.301 e. The molecule has 5 heteroatoms. The van der Waals surface area contributed by atoms with Gasteiger partial charge in [0.15, 0.2) is 0 Å². The molecule has 1 aromatic rings. The predicted molar refractivity (Wildman–Crippen MR) is 78.3 cm³/mol. The molecule has 1 heterocycles. The molecular formula is C14H23N3OS. The van der Waals surface area contributed by atoms with E-state index in [1.54, 1.807) is 0 Å². The molecule has 0 atom stereocenters. The Morgan fingerprint density at radius 3 is 2.79 bits per heavy atom. The van der Waals surface area contributed by atoms with Crippen molar-refractivity contribution in [3.63, 3.8) is 0 Å². The van der Waals surface area contributed by atoms with Crippen LogP contribution in [-0.4, -0.2) is 16.1 Å². The Labute approximate surface area is 119 Å². The lowest BCUT2D eigenvalue weighted by Gasteiger charge is -2.20. The molecule has 1 aliphatic rings. The van der Waals surface area contributed by atoms with Crippen molar-refractivity contribution in [3.8, 4) is 0 Å². The van der Waals surface area contributed by atoms with Crippen LogP contribution in [0.4, 0.5) is 5.13 Å². The fraction of sp³-hybridized carbons (Fsp3) is 0.786. The highest BCUT2D eigenvalue weighted by molar-refractivity contribution is 7.15. The SMILES string of the molecule is CCc1nnc(NC(=O)CCCC2CCCCC2)s1. The summed E-state index contributed by atoms with van der Waals surface area (Å²) in [6.45, 7) is 2.04. The van der Waals surface area contributed by atoms with Crippen molar-refractivity contribution in [1.29, 1.82) is 0 Å². The van der Waals surface area contributed by atoms with E-state index in [9.17, 15) is 4.79 Å². The van der Waals surface area contributed by atoms with Gasteiger partial charge in [0, 0.05) is 6.42 Å². The minimum atomic E-state index is 0.0783. The van der Waals surface area contributed by atoms with Gasteiger partial charge in [0.25, 0.3) is 0 Å². The number of carbonyl (C=O) groups excluding carboxylic acids is 1. The van der Waals surface area contributed by atoms with Crippen molar-refractivity contribution < 1.29 is 4.79 Å². The van der Waals surface area contributed by atoms with E-state index in [4.69, 9.17) is 0 Å². The van der Waals surface area contributed by atoms with Crippen molar-refractivity contribution in [2.24, 2.45) is 5.92 Å². The molecule has 4 nitrogen and oxygen atoms in total. The van der Waals surface area contributed by atoms with E-state index in [-0.39, 0.29) is 5.91 Å². The zero-order valence-corrected chi connectivity index (χ0v) is 12.5. The fourth-order valence-electron chi connectivity index (χ4n) is 2.66. The zero-order chi connectivity index (χ0) is 13.5. The molecule has 1 aromatic heterocycles. The van der Waals surface area contributed by atoms with Crippen molar-refractivity contribution in [2.45, 2.75) is 64.7 Å². The van der Waals surface area contributed by atoms with Gasteiger partial charge in [0.2, 0.25) is 11.0 Å². The molecule has 0 aliphatic heterocycles. The molecule has 0 spiro atoms. The van der Waals surface area contributed by atoms with Gasteiger partial charge in [0.1, 0.15) is 5.01 Å². The summed E-state index contributed by atoms with van der Waals surface area (Å²) in [5, 5.41) is 12.4. The maximum Gasteiger partial charge on any atom is 0.226 e. The standard InChI is InChI=1S/C14H23N3OS/c1-2-13-16-17-14(19-13)15-12(18)10-6-9-11-7-4-3-5-8-11/h11H,2-10H2,1H3,(H,15,17,18). The zero-order valence-electron chi connectivity index (χ0n) is 11.7. The second kappa shape index (κ2) is 7.58. The van der Waals surface area contributed by atoms with E-state index in [0.29, 0.717) is 11.6 Å². The van der Waals surface area contributed by atoms with E-state index < -0.39 is 0 Å². The van der Waals surface area contributed by atoms with Gasteiger partial charge in [0.05, 0.1) is 0 Å². The molecule has 106 valence electrons.